The number of sulfone groups is 1. The molecule has 1 aliphatic rings. The normalized spacial score (nSPS) is 23.7. The van der Waals surface area contributed by atoms with Gasteiger partial charge in [0.2, 0.25) is 5.91 Å². The predicted octanol–water partition coefficient (Wildman–Crippen LogP) is -0.321. The Bertz CT molecular complexity index is 681. The maximum absolute atomic E-state index is 12.4. The molecule has 1 aromatic rings. The Labute approximate surface area is 130 Å². The zero-order valence-electron chi connectivity index (χ0n) is 13.4. The van der Waals surface area contributed by atoms with Crippen LogP contribution >= 0.6 is 0 Å². The molecule has 0 bridgehead atoms. The van der Waals surface area contributed by atoms with Crippen LogP contribution in [-0.4, -0.2) is 64.8 Å². The van der Waals surface area contributed by atoms with Gasteiger partial charge in [0.05, 0.1) is 29.3 Å². The summed E-state index contributed by atoms with van der Waals surface area (Å²) in [4.78, 5) is 13.7. The number of carbonyl (C=O) groups is 1. The van der Waals surface area contributed by atoms with Crippen molar-refractivity contribution in [3.05, 3.63) is 17.0 Å². The smallest absolute Gasteiger partial charge is 0.244 e. The third-order valence-corrected chi connectivity index (χ3v) is 6.05. The Kier molecular flexibility index (Phi) is 4.62. The Hall–Kier alpha value is -1.41. The lowest BCUT2D eigenvalue weighted by atomic mass is 10.1. The molecule has 1 aliphatic heterocycles. The second kappa shape index (κ2) is 6.00. The third-order valence-electron chi connectivity index (χ3n) is 4.35. The van der Waals surface area contributed by atoms with Gasteiger partial charge in [-0.2, -0.15) is 5.10 Å². The summed E-state index contributed by atoms with van der Waals surface area (Å²) in [5, 5.41) is 14.2. The van der Waals surface area contributed by atoms with Crippen LogP contribution in [0.4, 0.5) is 0 Å². The lowest BCUT2D eigenvalue weighted by Crippen LogP contribution is -2.45. The minimum Gasteiger partial charge on any atom is -0.390 e. The van der Waals surface area contributed by atoms with Gasteiger partial charge in [0.1, 0.15) is 6.54 Å². The van der Waals surface area contributed by atoms with E-state index in [2.05, 4.69) is 5.10 Å². The highest BCUT2D eigenvalue weighted by molar-refractivity contribution is 7.91. The van der Waals surface area contributed by atoms with Crippen LogP contribution in [0.5, 0.6) is 0 Å². The van der Waals surface area contributed by atoms with Gasteiger partial charge in [-0.05, 0) is 25.8 Å². The zero-order chi connectivity index (χ0) is 16.7. The molecular formula is C14H23N3O4S. The molecular weight excluding hydrogens is 306 g/mol. The van der Waals surface area contributed by atoms with Gasteiger partial charge in [0.15, 0.2) is 9.84 Å². The molecule has 0 spiro atoms. The Morgan fingerprint density at radius 1 is 1.41 bits per heavy atom. The van der Waals surface area contributed by atoms with Crippen LogP contribution in [0.3, 0.4) is 0 Å². The second-order valence-corrected chi connectivity index (χ2v) is 8.03. The summed E-state index contributed by atoms with van der Waals surface area (Å²) < 4.78 is 24.8. The number of hydrogen-bond donors (Lipinski definition) is 1. The average Bonchev–Trinajstić information content (AvgIpc) is 2.84. The number of aliphatic hydroxyl groups is 1. The van der Waals surface area contributed by atoms with Crippen molar-refractivity contribution in [3.8, 4) is 0 Å². The molecule has 1 saturated heterocycles. The lowest BCUT2D eigenvalue weighted by molar-refractivity contribution is -0.134. The van der Waals surface area contributed by atoms with Gasteiger partial charge in [0, 0.05) is 12.7 Å². The molecule has 2 atom stereocenters. The largest absolute Gasteiger partial charge is 0.390 e. The molecule has 0 aromatic carbocycles. The minimum absolute atomic E-state index is 0.0481. The van der Waals surface area contributed by atoms with Crippen molar-refractivity contribution in [2.24, 2.45) is 0 Å². The van der Waals surface area contributed by atoms with Crippen molar-refractivity contribution in [1.82, 2.24) is 14.7 Å². The Balaban J connectivity index is 2.13. The molecule has 0 radical (unpaired) electrons. The van der Waals surface area contributed by atoms with Gasteiger partial charge in [0.25, 0.3) is 0 Å². The van der Waals surface area contributed by atoms with E-state index >= 15 is 0 Å². The van der Waals surface area contributed by atoms with E-state index in [4.69, 9.17) is 0 Å². The molecule has 1 aromatic heterocycles. The molecule has 1 amide bonds. The van der Waals surface area contributed by atoms with Crippen LogP contribution in [0.1, 0.15) is 23.9 Å². The fourth-order valence-corrected chi connectivity index (χ4v) is 4.85. The summed E-state index contributed by atoms with van der Waals surface area (Å²) in [6, 6.07) is -0.680. The van der Waals surface area contributed by atoms with Crippen molar-refractivity contribution in [2.75, 3.05) is 18.6 Å². The Morgan fingerprint density at radius 2 is 2.05 bits per heavy atom. The summed E-state index contributed by atoms with van der Waals surface area (Å²) in [7, 11) is -1.75. The van der Waals surface area contributed by atoms with Crippen LogP contribution in [-0.2, 0) is 27.6 Å². The van der Waals surface area contributed by atoms with Crippen molar-refractivity contribution in [2.45, 2.75) is 45.9 Å². The van der Waals surface area contributed by atoms with Gasteiger partial charge in [-0.15, -0.1) is 0 Å². The number of hydrogen-bond acceptors (Lipinski definition) is 5. The molecule has 0 saturated carbocycles. The van der Waals surface area contributed by atoms with Crippen LogP contribution in [0, 0.1) is 13.8 Å². The van der Waals surface area contributed by atoms with Crippen molar-refractivity contribution >= 4 is 15.7 Å². The van der Waals surface area contributed by atoms with Crippen LogP contribution in [0.2, 0.25) is 0 Å². The highest BCUT2D eigenvalue weighted by Crippen LogP contribution is 2.19. The number of aromatic nitrogens is 2. The SMILES string of the molecule is CCc1c(C)nn(CC(=O)N(C)[C@@H]2CS(=O)(=O)C[C@H]2O)c1C. The quantitative estimate of drug-likeness (QED) is 0.817. The number of carbonyl (C=O) groups excluding carboxylic acids is 1. The van der Waals surface area contributed by atoms with Crippen LogP contribution in [0.25, 0.3) is 0 Å². The first kappa shape index (κ1) is 17.0. The number of amides is 1. The molecule has 7 nitrogen and oxygen atoms in total. The van der Waals surface area contributed by atoms with E-state index in [-0.39, 0.29) is 24.0 Å². The van der Waals surface area contributed by atoms with E-state index in [1.54, 1.807) is 4.68 Å². The molecule has 8 heteroatoms. The summed E-state index contributed by atoms with van der Waals surface area (Å²) in [6.45, 7) is 5.91. The van der Waals surface area contributed by atoms with Gasteiger partial charge in [-0.1, -0.05) is 6.92 Å². The number of aryl methyl sites for hydroxylation is 1. The van der Waals surface area contributed by atoms with Crippen molar-refractivity contribution in [3.63, 3.8) is 0 Å². The standard InChI is InChI=1S/C14H23N3O4S/c1-5-11-9(2)15-17(10(11)3)6-14(19)16(4)12-7-22(20,21)8-13(12)18/h12-13,18H,5-8H2,1-4H3/t12-,13-/m1/s1. The fraction of sp³-hybridized carbons (Fsp3) is 0.714. The minimum atomic E-state index is -3.28. The second-order valence-electron chi connectivity index (χ2n) is 5.88. The van der Waals surface area contributed by atoms with E-state index in [1.807, 2.05) is 20.8 Å². The van der Waals surface area contributed by atoms with Crippen molar-refractivity contribution < 1.29 is 18.3 Å². The zero-order valence-corrected chi connectivity index (χ0v) is 14.2. The first-order valence-electron chi connectivity index (χ1n) is 7.33. The van der Waals surface area contributed by atoms with Crippen LogP contribution < -0.4 is 0 Å². The van der Waals surface area contributed by atoms with E-state index in [0.29, 0.717) is 0 Å². The first-order chi connectivity index (χ1) is 10.2. The van der Waals surface area contributed by atoms with Gasteiger partial charge in [-0.3, -0.25) is 9.48 Å². The summed E-state index contributed by atoms with van der Waals surface area (Å²) >= 11 is 0. The fourth-order valence-electron chi connectivity index (χ4n) is 3.00. The highest BCUT2D eigenvalue weighted by Gasteiger charge is 2.40. The molecule has 0 unspecified atom stereocenters. The monoisotopic (exact) mass is 329 g/mol. The first-order valence-corrected chi connectivity index (χ1v) is 9.15. The molecule has 124 valence electrons. The molecule has 1 fully saturated rings. The van der Waals surface area contributed by atoms with Crippen molar-refractivity contribution in [1.29, 1.82) is 0 Å². The maximum atomic E-state index is 12.4. The average molecular weight is 329 g/mol. The van der Waals surface area contributed by atoms with Gasteiger partial charge >= 0.3 is 0 Å². The summed E-state index contributed by atoms with van der Waals surface area (Å²) in [5.41, 5.74) is 2.97. The van der Waals surface area contributed by atoms with Gasteiger partial charge in [-0.25, -0.2) is 8.42 Å². The van der Waals surface area contributed by atoms with Gasteiger partial charge < -0.3 is 10.0 Å². The number of likely N-dealkylation sites (N-methyl/N-ethyl adjacent to an activating group) is 1. The number of aliphatic hydroxyl groups excluding tert-OH is 1. The highest BCUT2D eigenvalue weighted by atomic mass is 32.2. The molecule has 2 heterocycles. The molecule has 22 heavy (non-hydrogen) atoms. The van der Waals surface area contributed by atoms with E-state index in [9.17, 15) is 18.3 Å². The van der Waals surface area contributed by atoms with E-state index in [1.165, 1.54) is 11.9 Å². The number of rotatable bonds is 4. The Morgan fingerprint density at radius 3 is 2.50 bits per heavy atom. The molecule has 0 aliphatic carbocycles. The summed E-state index contributed by atoms with van der Waals surface area (Å²) in [6.07, 6.45) is -0.174. The maximum Gasteiger partial charge on any atom is 0.244 e. The topological polar surface area (TPSA) is 92.5 Å². The number of nitrogens with zero attached hydrogens (tertiary/aromatic N) is 3. The molecule has 2 rings (SSSR count). The van der Waals surface area contributed by atoms with Crippen LogP contribution in [0.15, 0.2) is 0 Å². The molecule has 1 N–H and O–H groups in total. The van der Waals surface area contributed by atoms with E-state index in [0.717, 1.165) is 23.4 Å². The lowest BCUT2D eigenvalue weighted by Gasteiger charge is -2.26. The summed E-state index contributed by atoms with van der Waals surface area (Å²) in [5.74, 6) is -0.725. The predicted molar refractivity (Wildman–Crippen MR) is 82.3 cm³/mol. The third kappa shape index (κ3) is 3.17. The van der Waals surface area contributed by atoms with E-state index < -0.39 is 22.0 Å².